The number of aromatic nitrogens is 4. The molecule has 0 aliphatic carbocycles. The second-order valence-corrected chi connectivity index (χ2v) is 9.79. The van der Waals surface area contributed by atoms with Crippen LogP contribution in [0.1, 0.15) is 40.5 Å². The molecule has 2 aliphatic heterocycles. The van der Waals surface area contributed by atoms with Crippen LogP contribution in [0.4, 0.5) is 23.8 Å². The average molecular weight is 605 g/mol. The van der Waals surface area contributed by atoms with E-state index in [1.165, 1.54) is 24.9 Å². The first-order chi connectivity index (χ1) is 20.3. The summed E-state index contributed by atoms with van der Waals surface area (Å²) in [7, 11) is 0. The summed E-state index contributed by atoms with van der Waals surface area (Å²) in [6.07, 6.45) is 5.01. The van der Waals surface area contributed by atoms with Crippen LogP contribution in [0.5, 0.6) is 11.5 Å². The number of nitrogens with zero attached hydrogens (tertiary/aromatic N) is 6. The van der Waals surface area contributed by atoms with Crippen LogP contribution in [0.3, 0.4) is 0 Å². The minimum atomic E-state index is -0.926. The van der Waals surface area contributed by atoms with Gasteiger partial charge in [-0.3, -0.25) is 4.57 Å². The van der Waals surface area contributed by atoms with Crippen molar-refractivity contribution < 1.29 is 27.8 Å². The summed E-state index contributed by atoms with van der Waals surface area (Å²) < 4.78 is 51.0. The standard InChI is InChI=1S/C24H18ClF3N6O3.C3H8.C2H6/c25-19-17(16-13(26)2-1-3-14(16)35)20(28)21-18-22(19)37-7-4-12-8-32(24(36)33-9-15(27)31-11-33)5-6-34(12)23(18)30-10-29-21;1-3-2;1-2/h1-3,9-12,35H,4-8H2;3H2,1-2H3;1-2H3. The lowest BCUT2D eigenvalue weighted by atomic mass is 9.99. The Hall–Kier alpha value is -4.06. The zero-order valence-corrected chi connectivity index (χ0v) is 24.5. The molecule has 0 spiro atoms. The van der Waals surface area contributed by atoms with E-state index < -0.39 is 34.9 Å². The molecule has 4 aromatic rings. The maximum absolute atomic E-state index is 15.9. The number of halogens is 4. The Morgan fingerprint density at radius 2 is 1.86 bits per heavy atom. The van der Waals surface area contributed by atoms with E-state index in [0.29, 0.717) is 18.8 Å². The van der Waals surface area contributed by atoms with Crippen LogP contribution in [0.25, 0.3) is 22.0 Å². The van der Waals surface area contributed by atoms with Crippen molar-refractivity contribution in [3.05, 3.63) is 59.7 Å². The summed E-state index contributed by atoms with van der Waals surface area (Å²) >= 11 is 6.60. The second-order valence-electron chi connectivity index (χ2n) is 9.41. The number of piperazine rings is 1. The molecule has 1 N–H and O–H groups in total. The molecule has 1 unspecified atom stereocenters. The van der Waals surface area contributed by atoms with Crippen LogP contribution in [-0.2, 0) is 0 Å². The third kappa shape index (κ3) is 5.67. The predicted octanol–water partition coefficient (Wildman–Crippen LogP) is 6.65. The van der Waals surface area contributed by atoms with Crippen molar-refractivity contribution in [3.8, 4) is 22.6 Å². The molecule has 0 radical (unpaired) electrons. The number of imidazole rings is 1. The average Bonchev–Trinajstić information content (AvgIpc) is 3.42. The molecular weight excluding hydrogens is 573 g/mol. The Kier molecular flexibility index (Phi) is 9.77. The van der Waals surface area contributed by atoms with Crippen LogP contribution in [-0.4, -0.2) is 67.8 Å². The van der Waals surface area contributed by atoms with Gasteiger partial charge in [-0.05, 0) is 12.1 Å². The van der Waals surface area contributed by atoms with Gasteiger partial charge in [-0.15, -0.1) is 0 Å². The SMILES string of the molecule is CC.CCC.O=C(N1CCN2c3ncnc4c(F)c(-c5c(O)cccc5F)c(Cl)c(c34)OCCC2C1)n1cnc(F)c1. The van der Waals surface area contributed by atoms with Gasteiger partial charge in [0.15, 0.2) is 11.6 Å². The molecule has 1 amide bonds. The zero-order chi connectivity index (χ0) is 30.6. The molecule has 9 nitrogen and oxygen atoms in total. The number of phenolic OH excluding ortho intramolecular Hbond substituents is 1. The minimum Gasteiger partial charge on any atom is -0.507 e. The van der Waals surface area contributed by atoms with E-state index >= 15 is 4.39 Å². The molecule has 2 aliphatic rings. The highest BCUT2D eigenvalue weighted by atomic mass is 35.5. The summed E-state index contributed by atoms with van der Waals surface area (Å²) in [6.45, 7) is 9.29. The fraction of sp³-hybridized carbons (Fsp3) is 0.379. The first kappa shape index (κ1) is 30.9. The molecule has 224 valence electrons. The largest absolute Gasteiger partial charge is 0.507 e. The third-order valence-electron chi connectivity index (χ3n) is 6.64. The van der Waals surface area contributed by atoms with Gasteiger partial charge in [-0.25, -0.2) is 28.5 Å². The zero-order valence-electron chi connectivity index (χ0n) is 23.7. The minimum absolute atomic E-state index is 0.0807. The van der Waals surface area contributed by atoms with E-state index in [1.807, 2.05) is 18.7 Å². The van der Waals surface area contributed by atoms with E-state index in [4.69, 9.17) is 16.3 Å². The molecule has 1 atom stereocenters. The van der Waals surface area contributed by atoms with Gasteiger partial charge in [0.25, 0.3) is 0 Å². The van der Waals surface area contributed by atoms with Crippen LogP contribution < -0.4 is 9.64 Å². The molecule has 4 heterocycles. The molecule has 2 aromatic carbocycles. The Morgan fingerprint density at radius 3 is 2.52 bits per heavy atom. The fourth-order valence-corrected chi connectivity index (χ4v) is 5.27. The van der Waals surface area contributed by atoms with Gasteiger partial charge in [0, 0.05) is 31.6 Å². The first-order valence-electron chi connectivity index (χ1n) is 13.8. The number of phenols is 1. The van der Waals surface area contributed by atoms with Gasteiger partial charge in [-0.1, -0.05) is 51.8 Å². The van der Waals surface area contributed by atoms with Gasteiger partial charge in [-0.2, -0.15) is 4.39 Å². The molecule has 1 fully saturated rings. The Bertz CT molecular complexity index is 1560. The lowest BCUT2D eigenvalue weighted by molar-refractivity contribution is 0.178. The lowest BCUT2D eigenvalue weighted by Crippen LogP contribution is -2.56. The highest BCUT2D eigenvalue weighted by Crippen LogP contribution is 2.49. The highest BCUT2D eigenvalue weighted by Gasteiger charge is 2.36. The maximum atomic E-state index is 15.9. The summed E-state index contributed by atoms with van der Waals surface area (Å²) in [6, 6.07) is 2.94. The van der Waals surface area contributed by atoms with Crippen molar-refractivity contribution >= 4 is 34.4 Å². The van der Waals surface area contributed by atoms with Crippen molar-refractivity contribution in [1.82, 2.24) is 24.4 Å². The normalized spacial score (nSPS) is 15.8. The van der Waals surface area contributed by atoms with Crippen LogP contribution in [0.2, 0.25) is 5.02 Å². The Balaban J connectivity index is 0.000000763. The number of rotatable bonds is 1. The van der Waals surface area contributed by atoms with Gasteiger partial charge in [0.2, 0.25) is 5.95 Å². The van der Waals surface area contributed by atoms with E-state index in [9.17, 15) is 18.7 Å². The highest BCUT2D eigenvalue weighted by molar-refractivity contribution is 6.36. The Labute approximate surface area is 246 Å². The van der Waals surface area contributed by atoms with Crippen LogP contribution in [0.15, 0.2) is 37.1 Å². The quantitative estimate of drug-likeness (QED) is 0.260. The number of carbonyl (C=O) groups is 1. The van der Waals surface area contributed by atoms with Gasteiger partial charge in [0.05, 0.1) is 34.8 Å². The summed E-state index contributed by atoms with van der Waals surface area (Å²) in [5.74, 6) is -2.58. The van der Waals surface area contributed by atoms with Crippen molar-refractivity contribution in [1.29, 1.82) is 0 Å². The predicted molar refractivity (Wildman–Crippen MR) is 155 cm³/mol. The van der Waals surface area contributed by atoms with Crippen molar-refractivity contribution in [2.75, 3.05) is 31.1 Å². The number of amides is 1. The van der Waals surface area contributed by atoms with E-state index in [-0.39, 0.29) is 53.0 Å². The first-order valence-corrected chi connectivity index (χ1v) is 14.2. The summed E-state index contributed by atoms with van der Waals surface area (Å²) in [4.78, 5) is 28.3. The van der Waals surface area contributed by atoms with E-state index in [2.05, 4.69) is 28.8 Å². The molecule has 0 bridgehead atoms. The smallest absolute Gasteiger partial charge is 0.329 e. The fourth-order valence-electron chi connectivity index (χ4n) is 4.94. The third-order valence-corrected chi connectivity index (χ3v) is 7.00. The topological polar surface area (TPSA) is 96.6 Å². The van der Waals surface area contributed by atoms with Crippen molar-refractivity contribution in [3.63, 3.8) is 0 Å². The van der Waals surface area contributed by atoms with Crippen molar-refractivity contribution in [2.24, 2.45) is 0 Å². The van der Waals surface area contributed by atoms with Crippen molar-refractivity contribution in [2.45, 2.75) is 46.6 Å². The van der Waals surface area contributed by atoms with Gasteiger partial charge in [0.1, 0.15) is 35.6 Å². The maximum Gasteiger partial charge on any atom is 0.329 e. The number of ether oxygens (including phenoxy) is 1. The number of benzene rings is 2. The number of hydrogen-bond donors (Lipinski definition) is 1. The molecule has 42 heavy (non-hydrogen) atoms. The number of hydrogen-bond acceptors (Lipinski definition) is 7. The molecule has 2 aromatic heterocycles. The monoisotopic (exact) mass is 604 g/mol. The molecular formula is C29H32ClF3N6O3. The van der Waals surface area contributed by atoms with Crippen LogP contribution in [0, 0.1) is 17.6 Å². The number of fused-ring (bicyclic) bond motifs is 2. The molecule has 6 rings (SSSR count). The van der Waals surface area contributed by atoms with Crippen LogP contribution >= 0.6 is 11.6 Å². The van der Waals surface area contributed by atoms with E-state index in [0.717, 1.165) is 23.2 Å². The molecule has 13 heteroatoms. The van der Waals surface area contributed by atoms with Gasteiger partial charge >= 0.3 is 6.03 Å². The summed E-state index contributed by atoms with van der Waals surface area (Å²) in [5.41, 5.74) is -0.894. The second kappa shape index (κ2) is 13.3. The number of aromatic hydroxyl groups is 1. The molecule has 1 saturated heterocycles. The number of anilines is 1. The van der Waals surface area contributed by atoms with E-state index in [1.54, 1.807) is 4.90 Å². The molecule has 0 saturated carbocycles. The van der Waals surface area contributed by atoms with Gasteiger partial charge < -0.3 is 19.6 Å². The Morgan fingerprint density at radius 1 is 1.12 bits per heavy atom. The summed E-state index contributed by atoms with van der Waals surface area (Å²) in [5, 5.41) is 10.3. The number of carbonyl (C=O) groups excluding carboxylic acids is 1. The lowest BCUT2D eigenvalue weighted by Gasteiger charge is -2.43.